The lowest BCUT2D eigenvalue weighted by Crippen LogP contribution is -2.49. The molecule has 0 saturated carbocycles. The largest absolute Gasteiger partial charge is 0.494 e. The molecule has 2 aliphatic rings. The second-order valence-corrected chi connectivity index (χ2v) is 9.17. The number of carbonyl (C=O) groups is 2. The molecule has 2 aromatic carbocycles. The van der Waals surface area contributed by atoms with Gasteiger partial charge in [0.1, 0.15) is 11.6 Å². The summed E-state index contributed by atoms with van der Waals surface area (Å²) >= 11 is 0. The van der Waals surface area contributed by atoms with Gasteiger partial charge >= 0.3 is 0 Å². The molecular weight excluding hydrogens is 468 g/mol. The van der Waals surface area contributed by atoms with E-state index in [2.05, 4.69) is 15.2 Å². The van der Waals surface area contributed by atoms with Crippen molar-refractivity contribution in [3.8, 4) is 5.75 Å². The number of hydrogen-bond acceptors (Lipinski definition) is 6. The summed E-state index contributed by atoms with van der Waals surface area (Å²) in [5, 5.41) is 2.99. The van der Waals surface area contributed by atoms with Crippen LogP contribution in [0.3, 0.4) is 0 Å². The zero-order valence-electron chi connectivity index (χ0n) is 21.0. The molecule has 3 heterocycles. The van der Waals surface area contributed by atoms with Crippen LogP contribution in [-0.2, 0) is 9.53 Å². The first kappa shape index (κ1) is 24.9. The number of amides is 2. The smallest absolute Gasteiger partial charge is 0.254 e. The average Bonchev–Trinajstić information content (AvgIpc) is 2.94. The summed E-state index contributed by atoms with van der Waals surface area (Å²) in [4.78, 5) is 36.2. The summed E-state index contributed by atoms with van der Waals surface area (Å²) < 4.78 is 11.1. The molecule has 192 valence electrons. The Kier molecular flexibility index (Phi) is 7.77. The van der Waals surface area contributed by atoms with Crippen molar-refractivity contribution in [3.63, 3.8) is 0 Å². The lowest BCUT2D eigenvalue weighted by atomic mass is 9.79. The predicted molar refractivity (Wildman–Crippen MR) is 141 cm³/mol. The molecule has 0 bridgehead atoms. The highest BCUT2D eigenvalue weighted by atomic mass is 16.5. The number of benzene rings is 2. The summed E-state index contributed by atoms with van der Waals surface area (Å²) in [6.07, 6.45) is 1.65. The van der Waals surface area contributed by atoms with E-state index in [1.165, 1.54) is 0 Å². The van der Waals surface area contributed by atoms with E-state index < -0.39 is 12.0 Å². The van der Waals surface area contributed by atoms with Crippen LogP contribution in [0.4, 0.5) is 5.82 Å². The van der Waals surface area contributed by atoms with Crippen molar-refractivity contribution in [1.82, 2.24) is 14.8 Å². The predicted octanol–water partition coefficient (Wildman–Crippen LogP) is 3.73. The van der Waals surface area contributed by atoms with Gasteiger partial charge in [0.05, 0.1) is 31.8 Å². The van der Waals surface area contributed by atoms with Gasteiger partial charge in [-0.05, 0) is 48.4 Å². The van der Waals surface area contributed by atoms with Gasteiger partial charge in [-0.15, -0.1) is 0 Å². The van der Waals surface area contributed by atoms with E-state index in [1.54, 1.807) is 18.3 Å². The Balaban J connectivity index is 1.54. The van der Waals surface area contributed by atoms with Crippen LogP contribution in [0.15, 0.2) is 72.9 Å². The number of aromatic nitrogens is 1. The molecule has 1 N–H and O–H groups in total. The molecular formula is C29H32N4O4. The first-order chi connectivity index (χ1) is 18.2. The minimum atomic E-state index is -0.612. The molecule has 8 nitrogen and oxygen atoms in total. The third-order valence-electron chi connectivity index (χ3n) is 6.93. The van der Waals surface area contributed by atoms with E-state index in [-0.39, 0.29) is 11.8 Å². The zero-order valence-corrected chi connectivity index (χ0v) is 21.0. The number of hydrogen-bond donors (Lipinski definition) is 1. The topological polar surface area (TPSA) is 84.0 Å². The molecule has 1 saturated heterocycles. The third kappa shape index (κ3) is 5.50. The van der Waals surface area contributed by atoms with Crippen LogP contribution >= 0.6 is 0 Å². The molecule has 2 amide bonds. The van der Waals surface area contributed by atoms with E-state index in [0.717, 1.165) is 30.0 Å². The summed E-state index contributed by atoms with van der Waals surface area (Å²) in [5.74, 6) is 0.354. The van der Waals surface area contributed by atoms with Crippen LogP contribution in [0, 0.1) is 0 Å². The molecule has 0 spiro atoms. The summed E-state index contributed by atoms with van der Waals surface area (Å²) in [6, 6.07) is 20.1. The number of ether oxygens (including phenoxy) is 2. The molecule has 1 fully saturated rings. The summed E-state index contributed by atoms with van der Waals surface area (Å²) in [6.45, 7) is 6.75. The standard InChI is InChI=1S/C29H32N4O4/c1-2-37-22-12-10-21(11-13-22)27-26(28(34)31-25-9-5-6-14-30-25)23-7-3-4-8-24(23)29(35)33(27)16-15-32-17-19-36-20-18-32/h3-14,26-27H,2,15-20H2,1H3,(H,30,31,34)/t26-,27+/m1/s1. The Morgan fingerprint density at radius 3 is 2.51 bits per heavy atom. The molecule has 2 aliphatic heterocycles. The third-order valence-corrected chi connectivity index (χ3v) is 6.93. The number of fused-ring (bicyclic) bond motifs is 1. The van der Waals surface area contributed by atoms with Crippen molar-refractivity contribution in [2.24, 2.45) is 0 Å². The normalized spacial score (nSPS) is 19.8. The van der Waals surface area contributed by atoms with Crippen molar-refractivity contribution >= 4 is 17.6 Å². The van der Waals surface area contributed by atoms with Crippen molar-refractivity contribution in [3.05, 3.63) is 89.6 Å². The van der Waals surface area contributed by atoms with Crippen LogP contribution in [-0.4, -0.2) is 72.6 Å². The number of nitrogens with one attached hydrogen (secondary N) is 1. The second kappa shape index (κ2) is 11.5. The van der Waals surface area contributed by atoms with E-state index in [1.807, 2.05) is 66.4 Å². The lowest BCUT2D eigenvalue weighted by molar-refractivity contribution is -0.119. The van der Waals surface area contributed by atoms with Gasteiger partial charge in [0.25, 0.3) is 5.91 Å². The molecule has 37 heavy (non-hydrogen) atoms. The van der Waals surface area contributed by atoms with Gasteiger partial charge in [-0.1, -0.05) is 36.4 Å². The number of rotatable bonds is 8. The maximum Gasteiger partial charge on any atom is 0.254 e. The van der Waals surface area contributed by atoms with E-state index in [0.29, 0.717) is 44.3 Å². The van der Waals surface area contributed by atoms with Crippen molar-refractivity contribution in [1.29, 1.82) is 0 Å². The van der Waals surface area contributed by atoms with Crippen LogP contribution < -0.4 is 10.1 Å². The van der Waals surface area contributed by atoms with Crippen LogP contribution in [0.5, 0.6) is 5.75 Å². The fourth-order valence-electron chi connectivity index (χ4n) is 5.13. The number of pyridine rings is 1. The molecule has 3 aromatic rings. The fourth-order valence-corrected chi connectivity index (χ4v) is 5.13. The van der Waals surface area contributed by atoms with Crippen molar-refractivity contribution in [2.75, 3.05) is 51.3 Å². The minimum Gasteiger partial charge on any atom is -0.494 e. The molecule has 5 rings (SSSR count). The molecule has 8 heteroatoms. The van der Waals surface area contributed by atoms with Gasteiger partial charge in [0, 0.05) is 37.9 Å². The quantitative estimate of drug-likeness (QED) is 0.508. The number of anilines is 1. The highest BCUT2D eigenvalue weighted by Gasteiger charge is 2.44. The Morgan fingerprint density at radius 1 is 1.03 bits per heavy atom. The molecule has 1 aromatic heterocycles. The molecule has 0 aliphatic carbocycles. The number of morpholine rings is 1. The van der Waals surface area contributed by atoms with Crippen molar-refractivity contribution in [2.45, 2.75) is 18.9 Å². The summed E-state index contributed by atoms with van der Waals surface area (Å²) in [7, 11) is 0. The Hall–Kier alpha value is -3.75. The fraction of sp³-hybridized carbons (Fsp3) is 0.345. The molecule has 0 unspecified atom stereocenters. The lowest BCUT2D eigenvalue weighted by Gasteiger charge is -2.42. The maximum absolute atomic E-state index is 13.9. The van der Waals surface area contributed by atoms with E-state index in [4.69, 9.17) is 9.47 Å². The number of nitrogens with zero attached hydrogens (tertiary/aromatic N) is 3. The average molecular weight is 501 g/mol. The Bertz CT molecular complexity index is 1210. The van der Waals surface area contributed by atoms with E-state index >= 15 is 0 Å². The number of carbonyl (C=O) groups excluding carboxylic acids is 2. The summed E-state index contributed by atoms with van der Waals surface area (Å²) in [5.41, 5.74) is 2.17. The second-order valence-electron chi connectivity index (χ2n) is 9.17. The van der Waals surface area contributed by atoms with Crippen molar-refractivity contribution < 1.29 is 19.1 Å². The van der Waals surface area contributed by atoms with Gasteiger partial charge in [-0.25, -0.2) is 4.98 Å². The monoisotopic (exact) mass is 500 g/mol. The zero-order chi connectivity index (χ0) is 25.6. The van der Waals surface area contributed by atoms with Gasteiger partial charge in [-0.3, -0.25) is 14.5 Å². The first-order valence-electron chi connectivity index (χ1n) is 12.8. The SMILES string of the molecule is CCOc1ccc([C@H]2[C@H](C(=O)Nc3ccccn3)c3ccccc3C(=O)N2CCN2CCOCC2)cc1. The Labute approximate surface area is 217 Å². The Morgan fingerprint density at radius 2 is 1.78 bits per heavy atom. The van der Waals surface area contributed by atoms with Gasteiger partial charge in [0.2, 0.25) is 5.91 Å². The minimum absolute atomic E-state index is 0.0652. The molecule has 0 radical (unpaired) electrons. The van der Waals surface area contributed by atoms with E-state index in [9.17, 15) is 9.59 Å². The van der Waals surface area contributed by atoms with Gasteiger partial charge < -0.3 is 19.7 Å². The van der Waals surface area contributed by atoms with Gasteiger partial charge in [0.15, 0.2) is 0 Å². The highest BCUT2D eigenvalue weighted by molar-refractivity contribution is 6.04. The van der Waals surface area contributed by atoms with Crippen LogP contribution in [0.1, 0.15) is 40.4 Å². The first-order valence-corrected chi connectivity index (χ1v) is 12.8. The molecule has 2 atom stereocenters. The van der Waals surface area contributed by atoms with Crippen LogP contribution in [0.2, 0.25) is 0 Å². The van der Waals surface area contributed by atoms with Gasteiger partial charge in [-0.2, -0.15) is 0 Å². The maximum atomic E-state index is 13.9. The van der Waals surface area contributed by atoms with Crippen LogP contribution in [0.25, 0.3) is 0 Å². The highest BCUT2D eigenvalue weighted by Crippen LogP contribution is 2.43.